The van der Waals surface area contributed by atoms with Crippen molar-refractivity contribution in [3.8, 4) is 23.2 Å². The smallest absolute Gasteiger partial charge is 0.179 e. The maximum atomic E-state index is 11.5. The lowest BCUT2D eigenvalue weighted by atomic mass is 9.99. The summed E-state index contributed by atoms with van der Waals surface area (Å²) in [5.74, 6) is 1.44. The zero-order chi connectivity index (χ0) is 18.7. The predicted octanol–water partition coefficient (Wildman–Crippen LogP) is 2.58. The fourth-order valence-corrected chi connectivity index (χ4v) is 3.68. The monoisotopic (exact) mass is 371 g/mol. The third-order valence-electron chi connectivity index (χ3n) is 4.69. The average Bonchev–Trinajstić information content (AvgIpc) is 3.00. The van der Waals surface area contributed by atoms with Gasteiger partial charge in [-0.3, -0.25) is 4.98 Å². The minimum absolute atomic E-state index is 0.290. The van der Waals surface area contributed by atoms with Crippen molar-refractivity contribution in [1.29, 1.82) is 5.26 Å². The predicted molar refractivity (Wildman–Crippen MR) is 98.1 cm³/mol. The van der Waals surface area contributed by atoms with E-state index in [0.717, 1.165) is 24.3 Å². The molecule has 2 unspecified atom stereocenters. The summed E-state index contributed by atoms with van der Waals surface area (Å²) in [6.07, 6.45) is 5.05. The van der Waals surface area contributed by atoms with Crippen LogP contribution in [-0.4, -0.2) is 44.3 Å². The molecule has 136 valence electrons. The Kier molecular flexibility index (Phi) is 5.14. The van der Waals surface area contributed by atoms with Crippen LogP contribution < -0.4 is 4.74 Å². The highest BCUT2D eigenvalue weighted by atomic mass is 32.2. The maximum Gasteiger partial charge on any atom is 0.179 e. The van der Waals surface area contributed by atoms with Crippen LogP contribution in [0, 0.1) is 23.3 Å². The van der Waals surface area contributed by atoms with E-state index in [4.69, 9.17) is 10.00 Å². The molecule has 2 aromatic rings. The van der Waals surface area contributed by atoms with Crippen molar-refractivity contribution in [2.75, 3.05) is 26.0 Å². The van der Waals surface area contributed by atoms with E-state index in [0.29, 0.717) is 29.1 Å². The molecule has 1 aliphatic heterocycles. The molecule has 1 saturated heterocycles. The van der Waals surface area contributed by atoms with Crippen LogP contribution in [0.4, 0.5) is 0 Å². The van der Waals surface area contributed by atoms with Crippen LogP contribution in [0.2, 0.25) is 0 Å². The molecule has 0 aliphatic carbocycles. The van der Waals surface area contributed by atoms with Crippen LogP contribution in [0.1, 0.15) is 6.92 Å². The third kappa shape index (κ3) is 4.14. The molecule has 1 aliphatic rings. The SMILES string of the molecule is CC1CN(C#N)CC1COc1ccc(-c2ccc(S(C)(=O)=O)cc2)nc1. The molecule has 0 spiro atoms. The van der Waals surface area contributed by atoms with Crippen molar-refractivity contribution in [3.05, 3.63) is 42.6 Å². The van der Waals surface area contributed by atoms with Gasteiger partial charge in [0.25, 0.3) is 0 Å². The number of hydrogen-bond acceptors (Lipinski definition) is 6. The van der Waals surface area contributed by atoms with Gasteiger partial charge in [-0.15, -0.1) is 0 Å². The van der Waals surface area contributed by atoms with Gasteiger partial charge in [-0.1, -0.05) is 19.1 Å². The van der Waals surface area contributed by atoms with Crippen molar-refractivity contribution >= 4 is 9.84 Å². The lowest BCUT2D eigenvalue weighted by molar-refractivity contribution is 0.229. The Morgan fingerprint density at radius 2 is 1.96 bits per heavy atom. The van der Waals surface area contributed by atoms with Gasteiger partial charge in [-0.2, -0.15) is 5.26 Å². The Morgan fingerprint density at radius 3 is 2.50 bits per heavy atom. The molecule has 0 amide bonds. The van der Waals surface area contributed by atoms with E-state index < -0.39 is 9.84 Å². The maximum absolute atomic E-state index is 11.5. The van der Waals surface area contributed by atoms with Crippen LogP contribution >= 0.6 is 0 Å². The van der Waals surface area contributed by atoms with Gasteiger partial charge in [0, 0.05) is 30.8 Å². The van der Waals surface area contributed by atoms with Crippen LogP contribution in [0.25, 0.3) is 11.3 Å². The largest absolute Gasteiger partial charge is 0.492 e. The molecule has 0 saturated carbocycles. The molecule has 1 fully saturated rings. The lowest BCUT2D eigenvalue weighted by Gasteiger charge is -2.14. The molecule has 0 bridgehead atoms. The normalized spacial score (nSPS) is 20.0. The lowest BCUT2D eigenvalue weighted by Crippen LogP contribution is -2.19. The number of aromatic nitrogens is 1. The summed E-state index contributed by atoms with van der Waals surface area (Å²) in [4.78, 5) is 6.45. The number of benzene rings is 1. The molecule has 6 nitrogen and oxygen atoms in total. The number of pyridine rings is 1. The third-order valence-corrected chi connectivity index (χ3v) is 5.82. The van der Waals surface area contributed by atoms with Crippen molar-refractivity contribution in [2.45, 2.75) is 11.8 Å². The van der Waals surface area contributed by atoms with Crippen molar-refractivity contribution < 1.29 is 13.2 Å². The Bertz CT molecular complexity index is 903. The van der Waals surface area contributed by atoms with Crippen LogP contribution in [0.15, 0.2) is 47.5 Å². The fourth-order valence-electron chi connectivity index (χ4n) is 3.05. The number of rotatable bonds is 5. The Hall–Kier alpha value is -2.59. The Balaban J connectivity index is 1.63. The highest BCUT2D eigenvalue weighted by molar-refractivity contribution is 7.90. The first-order valence-electron chi connectivity index (χ1n) is 8.41. The zero-order valence-corrected chi connectivity index (χ0v) is 15.6. The van der Waals surface area contributed by atoms with E-state index in [1.54, 1.807) is 35.4 Å². The molecule has 26 heavy (non-hydrogen) atoms. The van der Waals surface area contributed by atoms with E-state index in [1.807, 2.05) is 12.1 Å². The summed E-state index contributed by atoms with van der Waals surface area (Å²) in [5, 5.41) is 8.98. The molecule has 0 N–H and O–H groups in total. The van der Waals surface area contributed by atoms with Gasteiger partial charge >= 0.3 is 0 Å². The zero-order valence-electron chi connectivity index (χ0n) is 14.8. The second-order valence-electron chi connectivity index (χ2n) is 6.73. The molecule has 7 heteroatoms. The average molecular weight is 371 g/mol. The van der Waals surface area contributed by atoms with E-state index in [9.17, 15) is 8.42 Å². The van der Waals surface area contributed by atoms with E-state index >= 15 is 0 Å². The van der Waals surface area contributed by atoms with Gasteiger partial charge < -0.3 is 9.64 Å². The first kappa shape index (κ1) is 18.2. The van der Waals surface area contributed by atoms with Gasteiger partial charge in [0.1, 0.15) is 5.75 Å². The van der Waals surface area contributed by atoms with Crippen LogP contribution in [-0.2, 0) is 9.84 Å². The highest BCUT2D eigenvalue weighted by Gasteiger charge is 2.29. The molecule has 2 atom stereocenters. The number of sulfone groups is 1. The van der Waals surface area contributed by atoms with Gasteiger partial charge in [-0.05, 0) is 30.2 Å². The van der Waals surface area contributed by atoms with Crippen LogP contribution in [0.3, 0.4) is 0 Å². The minimum Gasteiger partial charge on any atom is -0.492 e. The first-order chi connectivity index (χ1) is 12.4. The number of nitrogens with zero attached hydrogens (tertiary/aromatic N) is 3. The van der Waals surface area contributed by atoms with Gasteiger partial charge in [-0.25, -0.2) is 8.42 Å². The summed E-state index contributed by atoms with van der Waals surface area (Å²) < 4.78 is 28.9. The van der Waals surface area contributed by atoms with Gasteiger partial charge in [0.15, 0.2) is 16.0 Å². The second-order valence-corrected chi connectivity index (χ2v) is 8.74. The summed E-state index contributed by atoms with van der Waals surface area (Å²) in [6.45, 7) is 4.21. The van der Waals surface area contributed by atoms with E-state index in [2.05, 4.69) is 18.1 Å². The molecular weight excluding hydrogens is 350 g/mol. The molecular formula is C19H21N3O3S. The quantitative estimate of drug-likeness (QED) is 0.751. The number of nitriles is 1. The van der Waals surface area contributed by atoms with Crippen LogP contribution in [0.5, 0.6) is 5.75 Å². The molecule has 2 heterocycles. The van der Waals surface area contributed by atoms with Crippen molar-refractivity contribution in [3.63, 3.8) is 0 Å². The summed E-state index contributed by atoms with van der Waals surface area (Å²) in [5.41, 5.74) is 1.60. The standard InChI is InChI=1S/C19H21N3O3S/c1-14-10-22(13-20)11-16(14)12-25-17-5-8-19(21-9-17)15-3-6-18(7-4-15)26(2,23)24/h3-9,14,16H,10-12H2,1-2H3. The Morgan fingerprint density at radius 1 is 1.23 bits per heavy atom. The van der Waals surface area contributed by atoms with Gasteiger partial charge in [0.2, 0.25) is 0 Å². The first-order valence-corrected chi connectivity index (χ1v) is 10.3. The summed E-state index contributed by atoms with van der Waals surface area (Å²) in [6, 6.07) is 10.4. The highest BCUT2D eigenvalue weighted by Crippen LogP contribution is 2.25. The topological polar surface area (TPSA) is 83.3 Å². The van der Waals surface area contributed by atoms with E-state index in [1.165, 1.54) is 6.26 Å². The van der Waals surface area contributed by atoms with Crippen molar-refractivity contribution in [1.82, 2.24) is 9.88 Å². The number of ether oxygens (including phenoxy) is 1. The fraction of sp³-hybridized carbons (Fsp3) is 0.368. The molecule has 1 aromatic carbocycles. The Labute approximate surface area is 154 Å². The summed E-state index contributed by atoms with van der Waals surface area (Å²) >= 11 is 0. The molecule has 3 rings (SSSR count). The van der Waals surface area contributed by atoms with Gasteiger partial charge in [0.05, 0.1) is 23.4 Å². The second kappa shape index (κ2) is 7.34. The summed E-state index contributed by atoms with van der Waals surface area (Å²) in [7, 11) is -3.20. The minimum atomic E-state index is -3.20. The number of likely N-dealkylation sites (tertiary alicyclic amines) is 1. The number of hydrogen-bond donors (Lipinski definition) is 0. The molecule has 0 radical (unpaired) electrons. The molecule has 1 aromatic heterocycles. The van der Waals surface area contributed by atoms with E-state index in [-0.39, 0.29) is 0 Å². The van der Waals surface area contributed by atoms with Crippen molar-refractivity contribution in [2.24, 2.45) is 11.8 Å².